The summed E-state index contributed by atoms with van der Waals surface area (Å²) >= 11 is 0. The summed E-state index contributed by atoms with van der Waals surface area (Å²) in [6, 6.07) is 0. The predicted molar refractivity (Wildman–Crippen MR) is 58.5 cm³/mol. The number of likely N-dealkylation sites (tertiary alicyclic amines) is 1. The van der Waals surface area contributed by atoms with Crippen molar-refractivity contribution in [2.45, 2.75) is 18.4 Å². The van der Waals surface area contributed by atoms with Crippen LogP contribution >= 0.6 is 0 Å². The van der Waals surface area contributed by atoms with Crippen molar-refractivity contribution in [2.75, 3.05) is 40.4 Å². The van der Waals surface area contributed by atoms with Gasteiger partial charge in [0.1, 0.15) is 0 Å². The number of nitrogens with zero attached hydrogens (tertiary/aromatic N) is 1. The van der Waals surface area contributed by atoms with Crippen molar-refractivity contribution in [2.24, 2.45) is 5.73 Å². The molecule has 0 aromatic carbocycles. The smallest absolute Gasteiger partial charge is 0.237 e. The summed E-state index contributed by atoms with van der Waals surface area (Å²) in [6.07, 6.45) is 1.56. The van der Waals surface area contributed by atoms with Crippen LogP contribution in [0.1, 0.15) is 12.8 Å². The van der Waals surface area contributed by atoms with Crippen LogP contribution in [-0.2, 0) is 9.53 Å². The zero-order valence-electron chi connectivity index (χ0n) is 9.58. The zero-order chi connectivity index (χ0) is 11.3. The Labute approximate surface area is 90.9 Å². The predicted octanol–water partition coefficient (Wildman–Crippen LogP) is -0.828. The number of carbonyl (C=O) groups excluding carboxylic acids is 1. The highest BCUT2D eigenvalue weighted by Gasteiger charge is 2.38. The number of carbonyl (C=O) groups is 1. The number of hydrogen-bond acceptors (Lipinski definition) is 4. The Bertz CT molecular complexity index is 213. The molecule has 1 saturated heterocycles. The molecule has 1 aliphatic heterocycles. The Morgan fingerprint density at radius 2 is 2.13 bits per heavy atom. The fourth-order valence-corrected chi connectivity index (χ4v) is 2.00. The monoisotopic (exact) mass is 215 g/mol. The summed E-state index contributed by atoms with van der Waals surface area (Å²) in [6.45, 7) is 3.46. The lowest BCUT2D eigenvalue weighted by Crippen LogP contribution is -2.59. The third kappa shape index (κ3) is 2.90. The summed E-state index contributed by atoms with van der Waals surface area (Å²) in [5, 5.41) is 3.06. The lowest BCUT2D eigenvalue weighted by molar-refractivity contribution is -0.126. The second-order valence-corrected chi connectivity index (χ2v) is 4.03. The van der Waals surface area contributed by atoms with Gasteiger partial charge in [-0.1, -0.05) is 0 Å². The van der Waals surface area contributed by atoms with Gasteiger partial charge in [-0.15, -0.1) is 0 Å². The van der Waals surface area contributed by atoms with E-state index in [-0.39, 0.29) is 5.91 Å². The van der Waals surface area contributed by atoms with E-state index in [0.717, 1.165) is 39.1 Å². The molecule has 3 N–H and O–H groups in total. The van der Waals surface area contributed by atoms with Gasteiger partial charge in [-0.3, -0.25) is 4.79 Å². The van der Waals surface area contributed by atoms with Gasteiger partial charge in [0, 0.05) is 26.7 Å². The van der Waals surface area contributed by atoms with Crippen molar-refractivity contribution >= 4 is 5.91 Å². The third-order valence-electron chi connectivity index (χ3n) is 3.27. The van der Waals surface area contributed by atoms with Gasteiger partial charge >= 0.3 is 0 Å². The molecule has 0 bridgehead atoms. The molecule has 0 aromatic rings. The number of piperidine rings is 1. The molecule has 0 spiro atoms. The Hall–Kier alpha value is -0.650. The van der Waals surface area contributed by atoms with Crippen LogP contribution in [0, 0.1) is 0 Å². The molecule has 0 radical (unpaired) electrons. The number of hydrogen-bond donors (Lipinski definition) is 2. The number of likely N-dealkylation sites (N-methyl/N-ethyl adjacent to an activating group) is 1. The number of amides is 1. The first-order chi connectivity index (χ1) is 7.14. The van der Waals surface area contributed by atoms with E-state index in [1.54, 1.807) is 14.2 Å². The first-order valence-electron chi connectivity index (χ1n) is 5.35. The van der Waals surface area contributed by atoms with Gasteiger partial charge in [-0.05, 0) is 19.9 Å². The molecule has 1 amide bonds. The minimum Gasteiger partial charge on any atom is -0.383 e. The topological polar surface area (TPSA) is 67.6 Å². The van der Waals surface area contributed by atoms with Crippen molar-refractivity contribution in [1.82, 2.24) is 10.2 Å². The molecule has 5 heteroatoms. The first-order valence-corrected chi connectivity index (χ1v) is 5.35. The maximum absolute atomic E-state index is 11.3. The number of ether oxygens (including phenoxy) is 1. The second-order valence-electron chi connectivity index (χ2n) is 4.03. The van der Waals surface area contributed by atoms with Crippen LogP contribution in [0.4, 0.5) is 0 Å². The average molecular weight is 215 g/mol. The van der Waals surface area contributed by atoms with Crippen LogP contribution in [0.5, 0.6) is 0 Å². The average Bonchev–Trinajstić information content (AvgIpc) is 2.27. The van der Waals surface area contributed by atoms with Crippen LogP contribution in [-0.4, -0.2) is 56.7 Å². The second kappa shape index (κ2) is 5.44. The fraction of sp³-hybridized carbons (Fsp3) is 0.900. The fourth-order valence-electron chi connectivity index (χ4n) is 2.00. The molecule has 0 atom stereocenters. The molecule has 1 aliphatic rings. The van der Waals surface area contributed by atoms with E-state index in [4.69, 9.17) is 10.5 Å². The van der Waals surface area contributed by atoms with Gasteiger partial charge in [-0.2, -0.15) is 0 Å². The molecule has 1 heterocycles. The maximum atomic E-state index is 11.3. The first kappa shape index (κ1) is 12.4. The molecule has 0 aliphatic carbocycles. The van der Waals surface area contributed by atoms with Gasteiger partial charge in [-0.25, -0.2) is 0 Å². The standard InChI is InChI=1S/C10H21N3O2/c1-12-10(9(11)14)3-5-13(6-4-10)7-8-15-2/h12H,3-8H2,1-2H3,(H2,11,14). The van der Waals surface area contributed by atoms with Crippen LogP contribution in [0.3, 0.4) is 0 Å². The summed E-state index contributed by atoms with van der Waals surface area (Å²) in [5.41, 5.74) is 4.92. The Morgan fingerprint density at radius 3 is 2.53 bits per heavy atom. The van der Waals surface area contributed by atoms with Crippen LogP contribution in [0.15, 0.2) is 0 Å². The summed E-state index contributed by atoms with van der Waals surface area (Å²) in [4.78, 5) is 13.6. The Kier molecular flexibility index (Phi) is 4.50. The van der Waals surface area contributed by atoms with Crippen molar-refractivity contribution in [3.05, 3.63) is 0 Å². The summed E-state index contributed by atoms with van der Waals surface area (Å²) < 4.78 is 5.02. The quantitative estimate of drug-likeness (QED) is 0.628. The number of methoxy groups -OCH3 is 1. The van der Waals surface area contributed by atoms with E-state index >= 15 is 0 Å². The van der Waals surface area contributed by atoms with Gasteiger partial charge in [0.2, 0.25) is 5.91 Å². The Balaban J connectivity index is 2.42. The van der Waals surface area contributed by atoms with E-state index < -0.39 is 5.54 Å². The minimum absolute atomic E-state index is 0.239. The maximum Gasteiger partial charge on any atom is 0.237 e. The molecule has 1 fully saturated rings. The lowest BCUT2D eigenvalue weighted by atomic mass is 9.87. The van der Waals surface area contributed by atoms with Crippen molar-refractivity contribution in [1.29, 1.82) is 0 Å². The molecule has 15 heavy (non-hydrogen) atoms. The Morgan fingerprint density at radius 1 is 1.53 bits per heavy atom. The SMILES string of the molecule is CNC1(C(N)=O)CCN(CCOC)CC1. The van der Waals surface area contributed by atoms with E-state index in [2.05, 4.69) is 10.2 Å². The van der Waals surface area contributed by atoms with Crippen molar-refractivity contribution in [3.63, 3.8) is 0 Å². The van der Waals surface area contributed by atoms with E-state index in [1.165, 1.54) is 0 Å². The van der Waals surface area contributed by atoms with E-state index in [9.17, 15) is 4.79 Å². The number of nitrogens with one attached hydrogen (secondary N) is 1. The minimum atomic E-state index is -0.496. The number of rotatable bonds is 5. The molecule has 88 valence electrons. The van der Waals surface area contributed by atoms with Gasteiger partial charge in [0.05, 0.1) is 12.1 Å². The van der Waals surface area contributed by atoms with E-state index in [1.807, 2.05) is 0 Å². The molecule has 5 nitrogen and oxygen atoms in total. The van der Waals surface area contributed by atoms with Crippen molar-refractivity contribution < 1.29 is 9.53 Å². The van der Waals surface area contributed by atoms with Gasteiger partial charge < -0.3 is 20.7 Å². The highest BCUT2D eigenvalue weighted by molar-refractivity contribution is 5.84. The third-order valence-corrected chi connectivity index (χ3v) is 3.27. The highest BCUT2D eigenvalue weighted by Crippen LogP contribution is 2.21. The van der Waals surface area contributed by atoms with Crippen LogP contribution < -0.4 is 11.1 Å². The summed E-state index contributed by atoms with van der Waals surface area (Å²) in [7, 11) is 3.50. The number of nitrogens with two attached hydrogens (primary N) is 1. The largest absolute Gasteiger partial charge is 0.383 e. The molecule has 0 aromatic heterocycles. The van der Waals surface area contributed by atoms with Crippen LogP contribution in [0.2, 0.25) is 0 Å². The molecular formula is C10H21N3O2. The summed E-state index contributed by atoms with van der Waals surface area (Å²) in [5.74, 6) is -0.239. The molecule has 1 rings (SSSR count). The van der Waals surface area contributed by atoms with Gasteiger partial charge in [0.15, 0.2) is 0 Å². The zero-order valence-corrected chi connectivity index (χ0v) is 9.58. The normalized spacial score (nSPS) is 21.5. The molecule has 0 saturated carbocycles. The molecular weight excluding hydrogens is 194 g/mol. The van der Waals surface area contributed by atoms with E-state index in [0.29, 0.717) is 0 Å². The molecule has 0 unspecified atom stereocenters. The lowest BCUT2D eigenvalue weighted by Gasteiger charge is -2.39. The highest BCUT2D eigenvalue weighted by atomic mass is 16.5. The van der Waals surface area contributed by atoms with Crippen LogP contribution in [0.25, 0.3) is 0 Å². The number of primary amides is 1. The van der Waals surface area contributed by atoms with Gasteiger partial charge in [0.25, 0.3) is 0 Å². The van der Waals surface area contributed by atoms with Crippen molar-refractivity contribution in [3.8, 4) is 0 Å².